The minimum Gasteiger partial charge on any atom is -0.334 e. The summed E-state index contributed by atoms with van der Waals surface area (Å²) in [5.41, 5.74) is 7.00. The monoisotopic (exact) mass is 205 g/mol. The highest BCUT2D eigenvalue weighted by Gasteiger charge is 2.37. The number of carbonyl (C=O) groups excluding carboxylic acids is 1. The Morgan fingerprint density at radius 1 is 1.67 bits per heavy atom. The Kier molecular flexibility index (Phi) is 2.68. The van der Waals surface area contributed by atoms with E-state index in [2.05, 4.69) is 4.98 Å². The minimum atomic E-state index is -0.110. The number of rotatable bonds is 2. The van der Waals surface area contributed by atoms with Crippen LogP contribution in [0.15, 0.2) is 24.5 Å². The number of amides is 1. The molecule has 0 spiro atoms. The molecule has 15 heavy (non-hydrogen) atoms. The molecule has 0 aliphatic carbocycles. The zero-order valence-corrected chi connectivity index (χ0v) is 8.76. The highest BCUT2D eigenvalue weighted by Crippen LogP contribution is 2.30. The molecule has 0 radical (unpaired) electrons. The van der Waals surface area contributed by atoms with Crippen LogP contribution in [0.5, 0.6) is 0 Å². The molecule has 1 aromatic rings. The van der Waals surface area contributed by atoms with E-state index in [1.807, 2.05) is 24.0 Å². The van der Waals surface area contributed by atoms with Crippen molar-refractivity contribution in [1.82, 2.24) is 9.88 Å². The molecule has 1 fully saturated rings. The lowest BCUT2D eigenvalue weighted by Crippen LogP contribution is -2.32. The van der Waals surface area contributed by atoms with Crippen molar-refractivity contribution in [3.63, 3.8) is 0 Å². The second-order valence-corrected chi connectivity index (χ2v) is 3.78. The predicted octanol–water partition coefficient (Wildman–Crippen LogP) is 0.702. The molecule has 4 heteroatoms. The molecule has 0 unspecified atom stereocenters. The lowest BCUT2D eigenvalue weighted by Gasteiger charge is -2.25. The van der Waals surface area contributed by atoms with Gasteiger partial charge in [-0.1, -0.05) is 6.07 Å². The van der Waals surface area contributed by atoms with E-state index in [-0.39, 0.29) is 18.0 Å². The quantitative estimate of drug-likeness (QED) is 0.773. The third-order valence-electron chi connectivity index (χ3n) is 2.84. The van der Waals surface area contributed by atoms with Crippen LogP contribution in [0, 0.1) is 0 Å². The maximum absolute atomic E-state index is 11.6. The molecule has 1 aromatic heterocycles. The number of hydrogen-bond donors (Lipinski definition) is 1. The fourth-order valence-electron chi connectivity index (χ4n) is 2.17. The molecule has 0 saturated carbocycles. The van der Waals surface area contributed by atoms with Crippen molar-refractivity contribution in [3.05, 3.63) is 30.1 Å². The Morgan fingerprint density at radius 2 is 2.47 bits per heavy atom. The minimum absolute atomic E-state index is 0.00352. The first kappa shape index (κ1) is 10.1. The van der Waals surface area contributed by atoms with Crippen LogP contribution in [0.25, 0.3) is 0 Å². The molecule has 2 atom stereocenters. The number of likely N-dealkylation sites (N-methyl/N-ethyl adjacent to an activating group) is 1. The first-order valence-corrected chi connectivity index (χ1v) is 5.19. The summed E-state index contributed by atoms with van der Waals surface area (Å²) in [5.74, 6) is 0.138. The zero-order chi connectivity index (χ0) is 10.8. The summed E-state index contributed by atoms with van der Waals surface area (Å²) in [6.07, 6.45) is 3.95. The maximum Gasteiger partial charge on any atom is 0.224 e. The molecule has 80 valence electrons. The molecule has 2 rings (SSSR count). The van der Waals surface area contributed by atoms with E-state index in [1.54, 1.807) is 12.4 Å². The van der Waals surface area contributed by atoms with Gasteiger partial charge in [-0.3, -0.25) is 9.78 Å². The molecule has 1 aliphatic heterocycles. The number of aromatic nitrogens is 1. The summed E-state index contributed by atoms with van der Waals surface area (Å²) in [7, 11) is 0. The second-order valence-electron chi connectivity index (χ2n) is 3.78. The molecular formula is C11H15N3O. The van der Waals surface area contributed by atoms with Gasteiger partial charge in [0.05, 0.1) is 6.04 Å². The largest absolute Gasteiger partial charge is 0.334 e. The predicted molar refractivity (Wildman–Crippen MR) is 57.0 cm³/mol. The summed E-state index contributed by atoms with van der Waals surface area (Å²) >= 11 is 0. The number of carbonyl (C=O) groups is 1. The average molecular weight is 205 g/mol. The number of hydrogen-bond acceptors (Lipinski definition) is 3. The Labute approximate surface area is 89.1 Å². The first-order chi connectivity index (χ1) is 7.24. The molecule has 0 bridgehead atoms. The Morgan fingerprint density at radius 3 is 3.07 bits per heavy atom. The maximum atomic E-state index is 11.6. The number of likely N-dealkylation sites (tertiary alicyclic amines) is 1. The number of pyridine rings is 1. The van der Waals surface area contributed by atoms with Crippen LogP contribution in [0.3, 0.4) is 0 Å². The smallest absolute Gasteiger partial charge is 0.224 e. The molecule has 1 saturated heterocycles. The van der Waals surface area contributed by atoms with Gasteiger partial charge in [0.25, 0.3) is 0 Å². The zero-order valence-electron chi connectivity index (χ0n) is 8.76. The summed E-state index contributed by atoms with van der Waals surface area (Å²) in [4.78, 5) is 17.5. The van der Waals surface area contributed by atoms with Gasteiger partial charge in [-0.25, -0.2) is 0 Å². The van der Waals surface area contributed by atoms with Gasteiger partial charge >= 0.3 is 0 Å². The van der Waals surface area contributed by atoms with Crippen molar-refractivity contribution in [2.45, 2.75) is 25.4 Å². The molecule has 1 aliphatic rings. The molecular weight excluding hydrogens is 190 g/mol. The fraction of sp³-hybridized carbons (Fsp3) is 0.455. The Hall–Kier alpha value is -1.42. The Bertz CT molecular complexity index is 352. The summed E-state index contributed by atoms with van der Waals surface area (Å²) < 4.78 is 0. The molecule has 2 N–H and O–H groups in total. The average Bonchev–Trinajstić information content (AvgIpc) is 2.54. The van der Waals surface area contributed by atoms with Crippen LogP contribution in [0.2, 0.25) is 0 Å². The van der Waals surface area contributed by atoms with E-state index in [9.17, 15) is 4.79 Å². The van der Waals surface area contributed by atoms with Gasteiger partial charge < -0.3 is 10.6 Å². The van der Waals surface area contributed by atoms with Crippen LogP contribution in [0.4, 0.5) is 0 Å². The number of nitrogens with two attached hydrogens (primary N) is 1. The van der Waals surface area contributed by atoms with Crippen molar-refractivity contribution < 1.29 is 4.79 Å². The van der Waals surface area contributed by atoms with Crippen molar-refractivity contribution in [2.75, 3.05) is 6.54 Å². The second kappa shape index (κ2) is 3.98. The van der Waals surface area contributed by atoms with Crippen LogP contribution >= 0.6 is 0 Å². The molecule has 0 aromatic carbocycles. The van der Waals surface area contributed by atoms with E-state index < -0.39 is 0 Å². The van der Waals surface area contributed by atoms with E-state index in [1.165, 1.54) is 0 Å². The van der Waals surface area contributed by atoms with Gasteiger partial charge in [-0.15, -0.1) is 0 Å². The van der Waals surface area contributed by atoms with Gasteiger partial charge in [0.2, 0.25) is 5.91 Å². The topological polar surface area (TPSA) is 59.2 Å². The van der Waals surface area contributed by atoms with Gasteiger partial charge in [0.15, 0.2) is 0 Å². The van der Waals surface area contributed by atoms with Crippen LogP contribution in [-0.2, 0) is 4.79 Å². The molecule has 1 amide bonds. The normalized spacial score (nSPS) is 26.0. The van der Waals surface area contributed by atoms with E-state index in [0.29, 0.717) is 13.0 Å². The van der Waals surface area contributed by atoms with Crippen molar-refractivity contribution >= 4 is 5.91 Å². The van der Waals surface area contributed by atoms with Crippen molar-refractivity contribution in [3.8, 4) is 0 Å². The first-order valence-electron chi connectivity index (χ1n) is 5.19. The fourth-order valence-corrected chi connectivity index (χ4v) is 2.17. The van der Waals surface area contributed by atoms with Crippen LogP contribution in [0.1, 0.15) is 24.9 Å². The van der Waals surface area contributed by atoms with E-state index in [0.717, 1.165) is 5.56 Å². The highest BCUT2D eigenvalue weighted by molar-refractivity contribution is 5.80. The summed E-state index contributed by atoms with van der Waals surface area (Å²) in [6, 6.07) is 3.73. The van der Waals surface area contributed by atoms with Crippen molar-refractivity contribution in [2.24, 2.45) is 5.73 Å². The van der Waals surface area contributed by atoms with E-state index >= 15 is 0 Å². The molecule has 4 nitrogen and oxygen atoms in total. The summed E-state index contributed by atoms with van der Waals surface area (Å²) in [6.45, 7) is 2.67. The molecule has 2 heterocycles. The lowest BCUT2D eigenvalue weighted by molar-refractivity contribution is -0.128. The third-order valence-corrected chi connectivity index (χ3v) is 2.84. The standard InChI is InChI=1S/C11H15N3O/c1-2-14-10(15)6-9(12)11(14)8-4-3-5-13-7-8/h3-5,7,9,11H,2,6,12H2,1H3/t9-,11+/m0/s1. The highest BCUT2D eigenvalue weighted by atomic mass is 16.2. The van der Waals surface area contributed by atoms with Gasteiger partial charge in [0, 0.05) is 31.4 Å². The van der Waals surface area contributed by atoms with Crippen LogP contribution in [-0.4, -0.2) is 28.4 Å². The van der Waals surface area contributed by atoms with Gasteiger partial charge in [0.1, 0.15) is 0 Å². The van der Waals surface area contributed by atoms with Crippen LogP contribution < -0.4 is 5.73 Å². The third kappa shape index (κ3) is 1.72. The number of nitrogens with zero attached hydrogens (tertiary/aromatic N) is 2. The van der Waals surface area contributed by atoms with Gasteiger partial charge in [-0.05, 0) is 18.6 Å². The van der Waals surface area contributed by atoms with Gasteiger partial charge in [-0.2, -0.15) is 0 Å². The Balaban J connectivity index is 2.31. The lowest BCUT2D eigenvalue weighted by atomic mass is 10.0. The van der Waals surface area contributed by atoms with Crippen molar-refractivity contribution in [1.29, 1.82) is 0 Å². The SMILES string of the molecule is CCN1C(=O)C[C@H](N)[C@H]1c1cccnc1. The summed E-state index contributed by atoms with van der Waals surface area (Å²) in [5, 5.41) is 0. The van der Waals surface area contributed by atoms with E-state index in [4.69, 9.17) is 5.73 Å².